The summed E-state index contributed by atoms with van der Waals surface area (Å²) < 4.78 is 5.43. The molecule has 1 aliphatic rings. The van der Waals surface area contributed by atoms with Gasteiger partial charge in [0.25, 0.3) is 0 Å². The van der Waals surface area contributed by atoms with E-state index in [1.165, 1.54) is 0 Å². The standard InChI is InChI=1S/C14H20ClN3O2/c1-2-5-17-14(19)13-9-20-7-6-18(13)12-4-3-10(16)8-11(12)15/h3-4,8,13H,2,5-7,9,16H2,1H3,(H,17,19). The van der Waals surface area contributed by atoms with E-state index < -0.39 is 0 Å². The van der Waals surface area contributed by atoms with Crippen LogP contribution in [0, 0.1) is 0 Å². The number of hydrogen-bond acceptors (Lipinski definition) is 4. The molecule has 0 spiro atoms. The van der Waals surface area contributed by atoms with Crippen LogP contribution in [0.1, 0.15) is 13.3 Å². The van der Waals surface area contributed by atoms with E-state index in [9.17, 15) is 4.79 Å². The third-order valence-corrected chi connectivity index (χ3v) is 3.56. The van der Waals surface area contributed by atoms with Gasteiger partial charge in [-0.1, -0.05) is 18.5 Å². The number of ether oxygens (including phenoxy) is 1. The van der Waals surface area contributed by atoms with Crippen molar-refractivity contribution in [3.05, 3.63) is 23.2 Å². The molecule has 1 atom stereocenters. The van der Waals surface area contributed by atoms with Crippen molar-refractivity contribution in [2.75, 3.05) is 36.9 Å². The fraction of sp³-hybridized carbons (Fsp3) is 0.500. The highest BCUT2D eigenvalue weighted by molar-refractivity contribution is 6.33. The maximum atomic E-state index is 12.2. The van der Waals surface area contributed by atoms with E-state index in [4.69, 9.17) is 22.1 Å². The van der Waals surface area contributed by atoms with E-state index in [0.29, 0.717) is 37.0 Å². The molecule has 1 aromatic carbocycles. The summed E-state index contributed by atoms with van der Waals surface area (Å²) in [7, 11) is 0. The molecule has 1 fully saturated rings. The molecule has 1 amide bonds. The highest BCUT2D eigenvalue weighted by Gasteiger charge is 2.30. The van der Waals surface area contributed by atoms with Crippen molar-refractivity contribution in [1.29, 1.82) is 0 Å². The lowest BCUT2D eigenvalue weighted by Gasteiger charge is -2.36. The first-order valence-electron chi connectivity index (χ1n) is 6.80. The molecule has 1 aromatic rings. The monoisotopic (exact) mass is 297 g/mol. The molecule has 2 rings (SSSR count). The molecule has 0 radical (unpaired) electrons. The third kappa shape index (κ3) is 3.35. The van der Waals surface area contributed by atoms with Crippen LogP contribution in [0.5, 0.6) is 0 Å². The predicted octanol–water partition coefficient (Wildman–Crippen LogP) is 1.65. The largest absolute Gasteiger partial charge is 0.399 e. The number of carbonyl (C=O) groups is 1. The fourth-order valence-electron chi connectivity index (χ4n) is 2.23. The maximum absolute atomic E-state index is 12.2. The molecular formula is C14H20ClN3O2. The minimum atomic E-state index is -0.351. The van der Waals surface area contributed by atoms with Crippen LogP contribution in [-0.4, -0.2) is 38.3 Å². The van der Waals surface area contributed by atoms with Gasteiger partial charge in [-0.2, -0.15) is 0 Å². The molecule has 0 aromatic heterocycles. The number of morpholine rings is 1. The van der Waals surface area contributed by atoms with Crippen molar-refractivity contribution in [3.8, 4) is 0 Å². The summed E-state index contributed by atoms with van der Waals surface area (Å²) in [6.07, 6.45) is 0.905. The van der Waals surface area contributed by atoms with Crippen molar-refractivity contribution in [2.45, 2.75) is 19.4 Å². The summed E-state index contributed by atoms with van der Waals surface area (Å²) in [6.45, 7) is 4.27. The Morgan fingerprint density at radius 2 is 2.40 bits per heavy atom. The number of amides is 1. The molecular weight excluding hydrogens is 278 g/mol. The van der Waals surface area contributed by atoms with Crippen LogP contribution in [-0.2, 0) is 9.53 Å². The summed E-state index contributed by atoms with van der Waals surface area (Å²) in [5.74, 6) is -0.0283. The number of nitrogens with zero attached hydrogens (tertiary/aromatic N) is 1. The molecule has 1 unspecified atom stereocenters. The number of nitrogen functional groups attached to an aromatic ring is 1. The molecule has 3 N–H and O–H groups in total. The van der Waals surface area contributed by atoms with Crippen LogP contribution in [0.3, 0.4) is 0 Å². The number of nitrogens with two attached hydrogens (primary N) is 1. The Morgan fingerprint density at radius 1 is 1.60 bits per heavy atom. The minimum Gasteiger partial charge on any atom is -0.399 e. The molecule has 20 heavy (non-hydrogen) atoms. The highest BCUT2D eigenvalue weighted by atomic mass is 35.5. The van der Waals surface area contributed by atoms with E-state index in [2.05, 4.69) is 5.32 Å². The van der Waals surface area contributed by atoms with Gasteiger partial charge in [-0.05, 0) is 24.6 Å². The molecule has 110 valence electrons. The summed E-state index contributed by atoms with van der Waals surface area (Å²) >= 11 is 6.24. The van der Waals surface area contributed by atoms with Crippen LogP contribution >= 0.6 is 11.6 Å². The van der Waals surface area contributed by atoms with Gasteiger partial charge in [0.05, 0.1) is 23.9 Å². The van der Waals surface area contributed by atoms with E-state index >= 15 is 0 Å². The number of halogens is 1. The summed E-state index contributed by atoms with van der Waals surface area (Å²) in [6, 6.07) is 4.99. The fourth-order valence-corrected chi connectivity index (χ4v) is 2.53. The highest BCUT2D eigenvalue weighted by Crippen LogP contribution is 2.30. The lowest BCUT2D eigenvalue weighted by Crippen LogP contribution is -2.54. The van der Waals surface area contributed by atoms with Gasteiger partial charge >= 0.3 is 0 Å². The second kappa shape index (κ2) is 6.81. The van der Waals surface area contributed by atoms with Gasteiger partial charge in [-0.3, -0.25) is 4.79 Å². The zero-order valence-electron chi connectivity index (χ0n) is 11.6. The number of carbonyl (C=O) groups excluding carboxylic acids is 1. The number of hydrogen-bond donors (Lipinski definition) is 2. The van der Waals surface area contributed by atoms with E-state index in [1.807, 2.05) is 17.9 Å². The van der Waals surface area contributed by atoms with Gasteiger partial charge in [0, 0.05) is 18.8 Å². The Labute approximate surface area is 124 Å². The third-order valence-electron chi connectivity index (χ3n) is 3.26. The van der Waals surface area contributed by atoms with Crippen LogP contribution in [0.15, 0.2) is 18.2 Å². The van der Waals surface area contributed by atoms with E-state index in [-0.39, 0.29) is 11.9 Å². The van der Waals surface area contributed by atoms with Gasteiger partial charge in [0.1, 0.15) is 6.04 Å². The molecule has 0 saturated carbocycles. The Morgan fingerprint density at radius 3 is 3.10 bits per heavy atom. The molecule has 0 aliphatic carbocycles. The molecule has 1 saturated heterocycles. The van der Waals surface area contributed by atoms with Crippen LogP contribution < -0.4 is 16.0 Å². The van der Waals surface area contributed by atoms with Gasteiger partial charge in [0.2, 0.25) is 5.91 Å². The van der Waals surface area contributed by atoms with Crippen molar-refractivity contribution >= 4 is 28.9 Å². The van der Waals surface area contributed by atoms with Gasteiger partial charge in [-0.25, -0.2) is 0 Å². The predicted molar refractivity (Wildman–Crippen MR) is 81.1 cm³/mol. The van der Waals surface area contributed by atoms with Crippen molar-refractivity contribution in [2.24, 2.45) is 0 Å². The van der Waals surface area contributed by atoms with E-state index in [1.54, 1.807) is 12.1 Å². The Balaban J connectivity index is 2.19. The zero-order valence-corrected chi connectivity index (χ0v) is 12.3. The summed E-state index contributed by atoms with van der Waals surface area (Å²) in [5.41, 5.74) is 7.14. The Hall–Kier alpha value is -1.46. The molecule has 5 nitrogen and oxygen atoms in total. The second-order valence-corrected chi connectivity index (χ2v) is 5.19. The second-order valence-electron chi connectivity index (χ2n) is 4.79. The first kappa shape index (κ1) is 14.9. The Kier molecular flexibility index (Phi) is 5.09. The van der Waals surface area contributed by atoms with Crippen molar-refractivity contribution in [1.82, 2.24) is 5.32 Å². The summed E-state index contributed by atoms with van der Waals surface area (Å²) in [4.78, 5) is 14.2. The number of nitrogens with one attached hydrogen (secondary N) is 1. The normalized spacial score (nSPS) is 18.9. The lowest BCUT2D eigenvalue weighted by atomic mass is 10.1. The zero-order chi connectivity index (χ0) is 14.5. The van der Waals surface area contributed by atoms with E-state index in [0.717, 1.165) is 12.1 Å². The SMILES string of the molecule is CCCNC(=O)C1COCCN1c1ccc(N)cc1Cl. The lowest BCUT2D eigenvalue weighted by molar-refractivity contribution is -0.124. The van der Waals surface area contributed by atoms with Crippen molar-refractivity contribution in [3.63, 3.8) is 0 Å². The number of rotatable bonds is 4. The Bertz CT molecular complexity index is 481. The van der Waals surface area contributed by atoms with Gasteiger partial charge in [0.15, 0.2) is 0 Å². The average molecular weight is 298 g/mol. The van der Waals surface area contributed by atoms with Crippen molar-refractivity contribution < 1.29 is 9.53 Å². The molecule has 1 aliphatic heterocycles. The topological polar surface area (TPSA) is 67.6 Å². The number of anilines is 2. The molecule has 6 heteroatoms. The molecule has 1 heterocycles. The smallest absolute Gasteiger partial charge is 0.245 e. The first-order valence-corrected chi connectivity index (χ1v) is 7.18. The van der Waals surface area contributed by atoms with Gasteiger partial charge < -0.3 is 20.7 Å². The quantitative estimate of drug-likeness (QED) is 0.829. The van der Waals surface area contributed by atoms with Crippen LogP contribution in [0.2, 0.25) is 5.02 Å². The summed E-state index contributed by atoms with van der Waals surface area (Å²) in [5, 5.41) is 3.46. The minimum absolute atomic E-state index is 0.0283. The van der Waals surface area contributed by atoms with Crippen LogP contribution in [0.25, 0.3) is 0 Å². The average Bonchev–Trinajstić information content (AvgIpc) is 2.45. The maximum Gasteiger partial charge on any atom is 0.245 e. The molecule has 0 bridgehead atoms. The van der Waals surface area contributed by atoms with Crippen LogP contribution in [0.4, 0.5) is 11.4 Å². The van der Waals surface area contributed by atoms with Gasteiger partial charge in [-0.15, -0.1) is 0 Å². The number of benzene rings is 1. The first-order chi connectivity index (χ1) is 9.63.